The molecular formula is C19H23NO2S. The second-order valence-electron chi connectivity index (χ2n) is 6.35. The van der Waals surface area contributed by atoms with E-state index in [9.17, 15) is 9.00 Å². The number of hydrogen-bond acceptors (Lipinski definition) is 2. The molecule has 0 heterocycles. The largest absolute Gasteiger partial charge is 0.351 e. The molecule has 0 fully saturated rings. The number of nitrogens with one attached hydrogen (secondary N) is 1. The van der Waals surface area contributed by atoms with Crippen molar-refractivity contribution in [3.05, 3.63) is 71.3 Å². The van der Waals surface area contributed by atoms with Gasteiger partial charge in [-0.15, -0.1) is 0 Å². The van der Waals surface area contributed by atoms with E-state index in [2.05, 4.69) is 31.3 Å². The van der Waals surface area contributed by atoms with Crippen LogP contribution in [0.4, 0.5) is 0 Å². The Morgan fingerprint density at radius 2 is 1.78 bits per heavy atom. The van der Waals surface area contributed by atoms with Gasteiger partial charge in [0.2, 0.25) is 0 Å². The van der Waals surface area contributed by atoms with Crippen LogP contribution >= 0.6 is 0 Å². The van der Waals surface area contributed by atoms with E-state index < -0.39 is 10.8 Å². The molecule has 0 saturated heterocycles. The van der Waals surface area contributed by atoms with E-state index >= 15 is 0 Å². The summed E-state index contributed by atoms with van der Waals surface area (Å²) in [4.78, 5) is 12.4. The van der Waals surface area contributed by atoms with E-state index in [1.165, 1.54) is 5.56 Å². The molecule has 2 aromatic rings. The maximum atomic E-state index is 12.4. The van der Waals surface area contributed by atoms with Crippen molar-refractivity contribution in [2.24, 2.45) is 0 Å². The van der Waals surface area contributed by atoms with Crippen LogP contribution in [0.5, 0.6) is 0 Å². The van der Waals surface area contributed by atoms with E-state index in [-0.39, 0.29) is 11.3 Å². The van der Waals surface area contributed by atoms with Crippen LogP contribution in [0, 0.1) is 0 Å². The van der Waals surface area contributed by atoms with Crippen molar-refractivity contribution in [2.45, 2.75) is 25.0 Å². The monoisotopic (exact) mass is 329 g/mol. The van der Waals surface area contributed by atoms with E-state index in [1.807, 2.05) is 36.4 Å². The molecular weight excluding hydrogens is 306 g/mol. The van der Waals surface area contributed by atoms with Crippen LogP contribution in [0.25, 0.3) is 0 Å². The van der Waals surface area contributed by atoms with Gasteiger partial charge in [-0.05, 0) is 23.3 Å². The maximum Gasteiger partial charge on any atom is 0.251 e. The van der Waals surface area contributed by atoms with Crippen molar-refractivity contribution >= 4 is 16.7 Å². The zero-order valence-electron chi connectivity index (χ0n) is 13.8. The fourth-order valence-electron chi connectivity index (χ4n) is 2.43. The van der Waals surface area contributed by atoms with Crippen LogP contribution in [-0.2, 0) is 22.0 Å². The van der Waals surface area contributed by atoms with E-state index in [4.69, 9.17) is 0 Å². The third-order valence-electron chi connectivity index (χ3n) is 3.81. The molecule has 0 aliphatic rings. The molecule has 2 rings (SSSR count). The molecule has 0 aliphatic heterocycles. The Morgan fingerprint density at radius 1 is 1.09 bits per heavy atom. The Morgan fingerprint density at radius 3 is 2.43 bits per heavy atom. The molecule has 23 heavy (non-hydrogen) atoms. The Balaban J connectivity index is 2.03. The van der Waals surface area contributed by atoms with Crippen molar-refractivity contribution in [1.29, 1.82) is 0 Å². The fourth-order valence-corrected chi connectivity index (χ4v) is 3.08. The first-order chi connectivity index (χ1) is 10.9. The third-order valence-corrected chi connectivity index (χ3v) is 4.55. The van der Waals surface area contributed by atoms with Gasteiger partial charge in [-0.2, -0.15) is 0 Å². The van der Waals surface area contributed by atoms with Gasteiger partial charge in [-0.1, -0.05) is 56.3 Å². The Kier molecular flexibility index (Phi) is 5.72. The summed E-state index contributed by atoms with van der Waals surface area (Å²) in [6, 6.07) is 17.5. The summed E-state index contributed by atoms with van der Waals surface area (Å²) in [6.07, 6.45) is 1.66. The van der Waals surface area contributed by atoms with Crippen LogP contribution in [0.1, 0.15) is 35.3 Å². The molecule has 0 bridgehead atoms. The predicted molar refractivity (Wildman–Crippen MR) is 96.0 cm³/mol. The summed E-state index contributed by atoms with van der Waals surface area (Å²) in [6.45, 7) is 4.78. The van der Waals surface area contributed by atoms with Crippen LogP contribution in [0.15, 0.2) is 54.6 Å². The normalized spacial score (nSPS) is 12.7. The number of rotatable bonds is 6. The van der Waals surface area contributed by atoms with Crippen LogP contribution in [0.2, 0.25) is 0 Å². The van der Waals surface area contributed by atoms with Gasteiger partial charge in [-0.3, -0.25) is 9.00 Å². The molecule has 1 amide bonds. The van der Waals surface area contributed by atoms with Gasteiger partial charge < -0.3 is 5.32 Å². The minimum absolute atomic E-state index is 0.0993. The Labute approximate surface area is 140 Å². The lowest BCUT2D eigenvalue weighted by Crippen LogP contribution is -2.36. The van der Waals surface area contributed by atoms with E-state index in [0.717, 1.165) is 5.56 Å². The van der Waals surface area contributed by atoms with E-state index in [0.29, 0.717) is 17.9 Å². The molecule has 0 radical (unpaired) electrons. The lowest BCUT2D eigenvalue weighted by Gasteiger charge is -2.25. The second kappa shape index (κ2) is 7.55. The molecule has 2 aromatic carbocycles. The second-order valence-corrected chi connectivity index (χ2v) is 7.79. The summed E-state index contributed by atoms with van der Waals surface area (Å²) in [5.74, 6) is 0.370. The molecule has 4 heteroatoms. The molecule has 1 unspecified atom stereocenters. The topological polar surface area (TPSA) is 46.2 Å². The smallest absolute Gasteiger partial charge is 0.251 e. The minimum atomic E-state index is -0.912. The van der Waals surface area contributed by atoms with Crippen molar-refractivity contribution in [3.8, 4) is 0 Å². The highest BCUT2D eigenvalue weighted by Gasteiger charge is 2.21. The maximum absolute atomic E-state index is 12.4. The molecule has 1 atom stereocenters. The lowest BCUT2D eigenvalue weighted by molar-refractivity contribution is 0.0945. The highest BCUT2D eigenvalue weighted by molar-refractivity contribution is 7.83. The molecule has 0 spiro atoms. The summed E-state index contributed by atoms with van der Waals surface area (Å²) in [5.41, 5.74) is 2.58. The number of carbonyl (C=O) groups is 1. The van der Waals surface area contributed by atoms with Crippen molar-refractivity contribution in [2.75, 3.05) is 12.8 Å². The van der Waals surface area contributed by atoms with E-state index in [1.54, 1.807) is 12.3 Å². The minimum Gasteiger partial charge on any atom is -0.351 e. The molecule has 3 nitrogen and oxygen atoms in total. The number of amides is 1. The number of hydrogen-bond donors (Lipinski definition) is 1. The molecule has 0 aliphatic carbocycles. The van der Waals surface area contributed by atoms with Gasteiger partial charge in [0.05, 0.1) is 0 Å². The average Bonchev–Trinajstić information content (AvgIpc) is 2.53. The summed E-state index contributed by atoms with van der Waals surface area (Å²) < 4.78 is 11.3. The fraction of sp³-hybridized carbons (Fsp3) is 0.316. The van der Waals surface area contributed by atoms with Crippen LogP contribution < -0.4 is 5.32 Å². The van der Waals surface area contributed by atoms with Crippen LogP contribution in [0.3, 0.4) is 0 Å². The molecule has 0 aromatic heterocycles. The van der Waals surface area contributed by atoms with Crippen LogP contribution in [-0.4, -0.2) is 22.9 Å². The van der Waals surface area contributed by atoms with Crippen molar-refractivity contribution in [3.63, 3.8) is 0 Å². The van der Waals surface area contributed by atoms with Gasteiger partial charge in [0, 0.05) is 40.3 Å². The average molecular weight is 329 g/mol. The Hall–Kier alpha value is -1.94. The molecule has 122 valence electrons. The lowest BCUT2D eigenvalue weighted by atomic mass is 9.84. The first-order valence-corrected chi connectivity index (χ1v) is 9.34. The SMILES string of the molecule is CS(=O)Cc1cccc(C(=O)NCC(C)(C)c2ccccc2)c1. The first kappa shape index (κ1) is 17.4. The van der Waals surface area contributed by atoms with Gasteiger partial charge in [-0.25, -0.2) is 0 Å². The highest BCUT2D eigenvalue weighted by Crippen LogP contribution is 2.21. The zero-order valence-corrected chi connectivity index (χ0v) is 14.7. The van der Waals surface area contributed by atoms with Gasteiger partial charge in [0.25, 0.3) is 5.91 Å². The summed E-state index contributed by atoms with van der Waals surface area (Å²) in [7, 11) is -0.912. The highest BCUT2D eigenvalue weighted by atomic mass is 32.2. The van der Waals surface area contributed by atoms with Crippen molar-refractivity contribution < 1.29 is 9.00 Å². The summed E-state index contributed by atoms with van der Waals surface area (Å²) >= 11 is 0. The molecule has 0 saturated carbocycles. The zero-order chi connectivity index (χ0) is 16.9. The standard InChI is InChI=1S/C19H23NO2S/c1-19(2,17-10-5-4-6-11-17)14-20-18(21)16-9-7-8-15(12-16)13-23(3)22/h4-12H,13-14H2,1-3H3,(H,20,21). The third kappa shape index (κ3) is 5.03. The predicted octanol–water partition coefficient (Wildman–Crippen LogP) is 3.27. The Bertz CT molecular complexity index is 696. The quantitative estimate of drug-likeness (QED) is 0.884. The van der Waals surface area contributed by atoms with Gasteiger partial charge in [0.1, 0.15) is 0 Å². The van der Waals surface area contributed by atoms with Gasteiger partial charge >= 0.3 is 0 Å². The van der Waals surface area contributed by atoms with Gasteiger partial charge in [0.15, 0.2) is 0 Å². The first-order valence-electron chi connectivity index (χ1n) is 7.61. The number of carbonyl (C=O) groups excluding carboxylic acids is 1. The molecule has 1 N–H and O–H groups in total. The van der Waals surface area contributed by atoms with Crippen molar-refractivity contribution in [1.82, 2.24) is 5.32 Å². The summed E-state index contributed by atoms with van der Waals surface area (Å²) in [5, 5.41) is 3.00. The number of benzene rings is 2.